The van der Waals surface area contributed by atoms with Gasteiger partial charge in [0.2, 0.25) is 5.91 Å². The van der Waals surface area contributed by atoms with Crippen LogP contribution in [0, 0.1) is 19.7 Å². The standard InChI is InChI=1S/C22H26FN5O2/c1-14-18(15(2)24-21-20(14)22(30)25-26(21)3)13-19(29)28-10-4-9-27(11-12-28)17-7-5-16(23)6-8-17/h5-8H,4,9-13H2,1-3H3,(H,25,30). The van der Waals surface area contributed by atoms with Gasteiger partial charge in [0.15, 0.2) is 5.65 Å². The Labute approximate surface area is 174 Å². The zero-order valence-electron chi connectivity index (χ0n) is 17.5. The van der Waals surface area contributed by atoms with Gasteiger partial charge in [-0.05, 0) is 55.7 Å². The van der Waals surface area contributed by atoms with E-state index in [-0.39, 0.29) is 23.7 Å². The molecule has 8 heteroatoms. The average molecular weight is 411 g/mol. The Balaban J connectivity index is 1.51. The quantitative estimate of drug-likeness (QED) is 0.718. The Kier molecular flexibility index (Phi) is 5.32. The lowest BCUT2D eigenvalue weighted by Gasteiger charge is -2.24. The number of fused-ring (bicyclic) bond motifs is 1. The third kappa shape index (κ3) is 3.69. The molecule has 0 atom stereocenters. The lowest BCUT2D eigenvalue weighted by atomic mass is 10.0. The summed E-state index contributed by atoms with van der Waals surface area (Å²) in [6.07, 6.45) is 1.07. The van der Waals surface area contributed by atoms with E-state index in [1.54, 1.807) is 23.9 Å². The Morgan fingerprint density at radius 3 is 2.60 bits per heavy atom. The molecule has 0 spiro atoms. The molecule has 0 radical (unpaired) electrons. The molecule has 1 aliphatic rings. The van der Waals surface area contributed by atoms with Crippen molar-refractivity contribution < 1.29 is 9.18 Å². The first-order valence-electron chi connectivity index (χ1n) is 10.2. The number of pyridine rings is 1. The van der Waals surface area contributed by atoms with Gasteiger partial charge in [-0.2, -0.15) is 0 Å². The number of benzene rings is 1. The van der Waals surface area contributed by atoms with Crippen molar-refractivity contribution in [2.24, 2.45) is 7.05 Å². The van der Waals surface area contributed by atoms with Crippen LogP contribution >= 0.6 is 0 Å². The molecular weight excluding hydrogens is 385 g/mol. The summed E-state index contributed by atoms with van der Waals surface area (Å²) in [5.41, 5.74) is 3.80. The third-order valence-corrected chi connectivity index (χ3v) is 5.94. The van der Waals surface area contributed by atoms with E-state index in [1.165, 1.54) is 12.1 Å². The van der Waals surface area contributed by atoms with Crippen molar-refractivity contribution in [1.29, 1.82) is 0 Å². The minimum atomic E-state index is -0.251. The van der Waals surface area contributed by atoms with Crippen LogP contribution in [0.25, 0.3) is 11.0 Å². The maximum absolute atomic E-state index is 13.2. The van der Waals surface area contributed by atoms with Crippen molar-refractivity contribution in [3.8, 4) is 0 Å². The summed E-state index contributed by atoms with van der Waals surface area (Å²) in [6.45, 7) is 6.57. The number of aromatic nitrogens is 3. The molecule has 1 aromatic carbocycles. The molecule has 0 saturated carbocycles. The number of aryl methyl sites for hydroxylation is 3. The molecular formula is C22H26FN5O2. The van der Waals surface area contributed by atoms with Crippen LogP contribution in [0.2, 0.25) is 0 Å². The fraction of sp³-hybridized carbons (Fsp3) is 0.409. The van der Waals surface area contributed by atoms with Gasteiger partial charge in [0.1, 0.15) is 5.82 Å². The molecule has 30 heavy (non-hydrogen) atoms. The monoisotopic (exact) mass is 411 g/mol. The number of carbonyl (C=O) groups excluding carboxylic acids is 1. The van der Waals surface area contributed by atoms with Gasteiger partial charge in [-0.25, -0.2) is 9.37 Å². The summed E-state index contributed by atoms with van der Waals surface area (Å²) in [5.74, 6) is -0.213. The van der Waals surface area contributed by atoms with Gasteiger partial charge in [-0.3, -0.25) is 19.4 Å². The van der Waals surface area contributed by atoms with Gasteiger partial charge >= 0.3 is 0 Å². The second-order valence-corrected chi connectivity index (χ2v) is 7.87. The highest BCUT2D eigenvalue weighted by Gasteiger charge is 2.23. The zero-order chi connectivity index (χ0) is 21.4. The number of halogens is 1. The van der Waals surface area contributed by atoms with Crippen LogP contribution in [0.1, 0.15) is 23.2 Å². The predicted molar refractivity (Wildman–Crippen MR) is 114 cm³/mol. The van der Waals surface area contributed by atoms with Crippen molar-refractivity contribution in [3.05, 3.63) is 57.3 Å². The summed E-state index contributed by atoms with van der Waals surface area (Å²) in [4.78, 5) is 34.0. The first-order chi connectivity index (χ1) is 14.3. The van der Waals surface area contributed by atoms with Gasteiger partial charge in [0.05, 0.1) is 11.8 Å². The summed E-state index contributed by atoms with van der Waals surface area (Å²) in [6, 6.07) is 6.47. The molecule has 1 amide bonds. The molecule has 3 heterocycles. The van der Waals surface area contributed by atoms with Crippen LogP contribution in [-0.2, 0) is 18.3 Å². The molecule has 7 nitrogen and oxygen atoms in total. The molecule has 1 saturated heterocycles. The number of aromatic amines is 1. The maximum Gasteiger partial charge on any atom is 0.273 e. The fourth-order valence-electron chi connectivity index (χ4n) is 4.25. The summed E-state index contributed by atoms with van der Waals surface area (Å²) in [5, 5.41) is 3.28. The average Bonchev–Trinajstić information content (AvgIpc) is 2.88. The van der Waals surface area contributed by atoms with Crippen LogP contribution in [0.3, 0.4) is 0 Å². The number of H-pyrrole nitrogens is 1. The van der Waals surface area contributed by atoms with Crippen molar-refractivity contribution in [3.63, 3.8) is 0 Å². The summed E-state index contributed by atoms with van der Waals surface area (Å²) < 4.78 is 14.8. The highest BCUT2D eigenvalue weighted by Crippen LogP contribution is 2.22. The number of rotatable bonds is 3. The number of hydrogen-bond donors (Lipinski definition) is 1. The van der Waals surface area contributed by atoms with E-state index < -0.39 is 0 Å². The lowest BCUT2D eigenvalue weighted by Crippen LogP contribution is -2.36. The second kappa shape index (κ2) is 7.93. The Bertz CT molecular complexity index is 1150. The number of nitrogens with zero attached hydrogens (tertiary/aromatic N) is 4. The lowest BCUT2D eigenvalue weighted by molar-refractivity contribution is -0.130. The van der Waals surface area contributed by atoms with Gasteiger partial charge in [-0.1, -0.05) is 0 Å². The van der Waals surface area contributed by atoms with E-state index in [1.807, 2.05) is 18.7 Å². The van der Waals surface area contributed by atoms with E-state index in [0.717, 1.165) is 35.5 Å². The topological polar surface area (TPSA) is 74.2 Å². The second-order valence-electron chi connectivity index (χ2n) is 7.87. The van der Waals surface area contributed by atoms with E-state index >= 15 is 0 Å². The fourth-order valence-corrected chi connectivity index (χ4v) is 4.25. The Hall–Kier alpha value is -3.16. The summed E-state index contributed by atoms with van der Waals surface area (Å²) in [7, 11) is 1.75. The molecule has 1 aliphatic heterocycles. The first kappa shape index (κ1) is 20.1. The normalized spacial score (nSPS) is 14.9. The number of carbonyl (C=O) groups is 1. The number of anilines is 1. The first-order valence-corrected chi connectivity index (χ1v) is 10.2. The van der Waals surface area contributed by atoms with Crippen LogP contribution < -0.4 is 10.5 Å². The van der Waals surface area contributed by atoms with Crippen LogP contribution in [0.15, 0.2) is 29.1 Å². The zero-order valence-corrected chi connectivity index (χ0v) is 17.5. The van der Waals surface area contributed by atoms with Crippen molar-refractivity contribution in [1.82, 2.24) is 19.7 Å². The highest BCUT2D eigenvalue weighted by molar-refractivity contribution is 5.84. The number of hydrogen-bond acceptors (Lipinski definition) is 4. The van der Waals surface area contributed by atoms with Crippen LogP contribution in [-0.4, -0.2) is 51.8 Å². The van der Waals surface area contributed by atoms with Gasteiger partial charge < -0.3 is 9.80 Å². The van der Waals surface area contributed by atoms with Crippen LogP contribution in [0.5, 0.6) is 0 Å². The molecule has 2 aromatic heterocycles. The minimum absolute atomic E-state index is 0.0377. The van der Waals surface area contributed by atoms with Crippen LogP contribution in [0.4, 0.5) is 10.1 Å². The highest BCUT2D eigenvalue weighted by atomic mass is 19.1. The van der Waals surface area contributed by atoms with Crippen molar-refractivity contribution in [2.75, 3.05) is 31.1 Å². The van der Waals surface area contributed by atoms with Gasteiger partial charge in [-0.15, -0.1) is 0 Å². The summed E-state index contributed by atoms with van der Waals surface area (Å²) >= 11 is 0. The van der Waals surface area contributed by atoms with Gasteiger partial charge in [0, 0.05) is 44.6 Å². The molecule has 1 fully saturated rings. The molecule has 0 aliphatic carbocycles. The largest absolute Gasteiger partial charge is 0.370 e. The van der Waals surface area contributed by atoms with E-state index in [9.17, 15) is 14.0 Å². The molecule has 158 valence electrons. The molecule has 1 N–H and O–H groups in total. The Morgan fingerprint density at radius 2 is 1.87 bits per heavy atom. The molecule has 4 rings (SSSR count). The van der Waals surface area contributed by atoms with E-state index in [0.29, 0.717) is 30.7 Å². The Morgan fingerprint density at radius 1 is 1.13 bits per heavy atom. The van der Waals surface area contributed by atoms with E-state index in [2.05, 4.69) is 15.0 Å². The SMILES string of the molecule is Cc1nc2c(c(C)c1CC(=O)N1CCCN(c3ccc(F)cc3)CC1)c(=O)[nH]n2C. The van der Waals surface area contributed by atoms with Crippen molar-refractivity contribution in [2.45, 2.75) is 26.7 Å². The van der Waals surface area contributed by atoms with Gasteiger partial charge in [0.25, 0.3) is 5.56 Å². The number of amides is 1. The third-order valence-electron chi connectivity index (χ3n) is 5.94. The smallest absolute Gasteiger partial charge is 0.273 e. The molecule has 0 bridgehead atoms. The minimum Gasteiger partial charge on any atom is -0.370 e. The maximum atomic E-state index is 13.2. The van der Waals surface area contributed by atoms with E-state index in [4.69, 9.17) is 0 Å². The molecule has 3 aromatic rings. The molecule has 0 unspecified atom stereocenters. The van der Waals surface area contributed by atoms with Crippen molar-refractivity contribution >= 4 is 22.6 Å². The predicted octanol–water partition coefficient (Wildman–Crippen LogP) is 2.30. The number of nitrogens with one attached hydrogen (secondary N) is 1.